The number of benzene rings is 1. The Morgan fingerprint density at radius 2 is 2.00 bits per heavy atom. The van der Waals surface area contributed by atoms with Crippen molar-refractivity contribution in [1.29, 1.82) is 5.41 Å². The van der Waals surface area contributed by atoms with Crippen LogP contribution < -0.4 is 16.4 Å². The number of nitrogens with zero attached hydrogens (tertiary/aromatic N) is 2. The number of aryl methyl sites for hydroxylation is 1. The zero-order valence-corrected chi connectivity index (χ0v) is 22.1. The van der Waals surface area contributed by atoms with Crippen molar-refractivity contribution in [2.45, 2.75) is 52.1 Å². The zero-order valence-electron chi connectivity index (χ0n) is 21.3. The van der Waals surface area contributed by atoms with E-state index < -0.39 is 0 Å². The van der Waals surface area contributed by atoms with Gasteiger partial charge in [-0.1, -0.05) is 12.1 Å². The molecule has 3 atom stereocenters. The van der Waals surface area contributed by atoms with Crippen molar-refractivity contribution >= 4 is 40.3 Å². The van der Waals surface area contributed by atoms with Crippen LogP contribution in [0, 0.1) is 23.2 Å². The molecule has 2 heterocycles. The Kier molecular flexibility index (Phi) is 6.97. The van der Waals surface area contributed by atoms with Crippen molar-refractivity contribution < 1.29 is 4.79 Å². The molecule has 2 unspecified atom stereocenters. The smallest absolute Gasteiger partial charge is 0.247 e. The summed E-state index contributed by atoms with van der Waals surface area (Å²) in [5, 5.41) is 19.4. The lowest BCUT2D eigenvalue weighted by Crippen LogP contribution is -2.48. The van der Waals surface area contributed by atoms with Gasteiger partial charge in [0.25, 0.3) is 0 Å². The predicted octanol–water partition coefficient (Wildman–Crippen LogP) is 4.73. The Morgan fingerprint density at radius 3 is 2.64 bits per heavy atom. The van der Waals surface area contributed by atoms with Gasteiger partial charge in [0.15, 0.2) is 0 Å². The van der Waals surface area contributed by atoms with Crippen molar-refractivity contribution in [2.75, 3.05) is 17.3 Å². The number of amides is 1. The fourth-order valence-electron chi connectivity index (χ4n) is 5.73. The molecule has 1 aromatic carbocycles. The fourth-order valence-corrected chi connectivity index (χ4v) is 6.15. The van der Waals surface area contributed by atoms with Crippen molar-refractivity contribution in [3.63, 3.8) is 0 Å². The maximum absolute atomic E-state index is 13.6. The summed E-state index contributed by atoms with van der Waals surface area (Å²) in [7, 11) is 0. The monoisotopic (exact) mass is 504 g/mol. The topological polar surface area (TPSA) is 109 Å². The number of carbonyl (C=O) groups excluding carboxylic acids is 1. The van der Waals surface area contributed by atoms with Crippen LogP contribution in [0.2, 0.25) is 0 Å². The minimum absolute atomic E-state index is 0.0190. The normalized spacial score (nSPS) is 23.5. The van der Waals surface area contributed by atoms with E-state index in [1.807, 2.05) is 49.1 Å². The third-order valence-corrected chi connectivity index (χ3v) is 8.24. The Labute approximate surface area is 217 Å². The fraction of sp³-hybridized carbons (Fsp3) is 0.464. The molecule has 2 aliphatic carbocycles. The van der Waals surface area contributed by atoms with Crippen LogP contribution in [0.4, 0.5) is 5.69 Å². The second-order valence-electron chi connectivity index (χ2n) is 10.3. The first kappa shape index (κ1) is 24.7. The highest BCUT2D eigenvalue weighted by Crippen LogP contribution is 2.58. The van der Waals surface area contributed by atoms with Gasteiger partial charge in [0.05, 0.1) is 11.4 Å². The van der Waals surface area contributed by atoms with Gasteiger partial charge in [-0.25, -0.2) is 0 Å². The summed E-state index contributed by atoms with van der Waals surface area (Å²) in [5.41, 5.74) is 13.1. The molecule has 0 bridgehead atoms. The molecule has 3 aliphatic rings. The van der Waals surface area contributed by atoms with Crippen molar-refractivity contribution in [1.82, 2.24) is 15.1 Å². The lowest BCUT2D eigenvalue weighted by atomic mass is 9.85. The van der Waals surface area contributed by atoms with Crippen LogP contribution >= 0.6 is 11.8 Å². The number of aromatic nitrogens is 2. The maximum Gasteiger partial charge on any atom is 0.247 e. The summed E-state index contributed by atoms with van der Waals surface area (Å²) >= 11 is 1.85. The van der Waals surface area contributed by atoms with Crippen molar-refractivity contribution in [3.8, 4) is 0 Å². The molecule has 8 heteroatoms. The highest BCUT2D eigenvalue weighted by Gasteiger charge is 2.55. The molecule has 1 aliphatic heterocycles. The summed E-state index contributed by atoms with van der Waals surface area (Å²) in [6.07, 6.45) is 8.58. The lowest BCUT2D eigenvalue weighted by Gasteiger charge is -2.32. The molecule has 1 aromatic heterocycles. The van der Waals surface area contributed by atoms with Gasteiger partial charge < -0.3 is 21.8 Å². The number of anilines is 1. The third-order valence-electron chi connectivity index (χ3n) is 7.55. The zero-order chi connectivity index (χ0) is 25.4. The van der Waals surface area contributed by atoms with Gasteiger partial charge in [0.2, 0.25) is 5.91 Å². The number of fused-ring (bicyclic) bond motifs is 1. The lowest BCUT2D eigenvalue weighted by molar-refractivity contribution is -0.119. The number of hydrogen-bond acceptors (Lipinski definition) is 6. The van der Waals surface area contributed by atoms with Crippen molar-refractivity contribution in [2.24, 2.45) is 23.5 Å². The van der Waals surface area contributed by atoms with E-state index in [-0.39, 0.29) is 11.9 Å². The molecule has 5 N–H and O–H groups in total. The van der Waals surface area contributed by atoms with Gasteiger partial charge in [0, 0.05) is 35.4 Å². The molecule has 36 heavy (non-hydrogen) atoms. The molecule has 0 saturated heterocycles. The second kappa shape index (κ2) is 10.2. The van der Waals surface area contributed by atoms with E-state index in [1.54, 1.807) is 6.92 Å². The molecule has 0 spiro atoms. The number of hydrogen-bond donors (Lipinski definition) is 4. The maximum atomic E-state index is 13.6. The largest absolute Gasteiger partial charge is 0.402 e. The molecule has 1 amide bonds. The molecule has 2 fully saturated rings. The van der Waals surface area contributed by atoms with Gasteiger partial charge in [-0.05, 0) is 98.6 Å². The van der Waals surface area contributed by atoms with E-state index in [4.69, 9.17) is 11.1 Å². The van der Waals surface area contributed by atoms with Crippen LogP contribution in [-0.4, -0.2) is 39.4 Å². The van der Waals surface area contributed by atoms with Crippen LogP contribution in [0.5, 0.6) is 0 Å². The Hall–Kier alpha value is -3.00. The van der Waals surface area contributed by atoms with E-state index >= 15 is 0 Å². The predicted molar refractivity (Wildman–Crippen MR) is 149 cm³/mol. The van der Waals surface area contributed by atoms with E-state index in [0.717, 1.165) is 53.4 Å². The molecule has 7 nitrogen and oxygen atoms in total. The Morgan fingerprint density at radius 1 is 1.25 bits per heavy atom. The van der Waals surface area contributed by atoms with Crippen LogP contribution in [0.1, 0.15) is 50.8 Å². The van der Waals surface area contributed by atoms with E-state index in [1.165, 1.54) is 18.4 Å². The average molecular weight is 505 g/mol. The van der Waals surface area contributed by atoms with E-state index in [2.05, 4.69) is 32.7 Å². The summed E-state index contributed by atoms with van der Waals surface area (Å²) < 4.78 is 2.09. The van der Waals surface area contributed by atoms with Gasteiger partial charge in [-0.2, -0.15) is 16.9 Å². The van der Waals surface area contributed by atoms with Crippen LogP contribution in [-0.2, 0) is 11.3 Å². The summed E-state index contributed by atoms with van der Waals surface area (Å²) in [4.78, 5) is 13.6. The number of nitrogens with one attached hydrogen (secondary N) is 3. The number of carbonyl (C=O) groups is 1. The average Bonchev–Trinajstić information content (AvgIpc) is 3.77. The molecule has 190 valence electrons. The number of nitrogens with two attached hydrogens (primary N) is 1. The minimum Gasteiger partial charge on any atom is -0.402 e. The summed E-state index contributed by atoms with van der Waals surface area (Å²) in [6.45, 7) is 4.43. The summed E-state index contributed by atoms with van der Waals surface area (Å²) in [5.74, 6) is 2.60. The number of allylic oxidation sites excluding steroid dienone is 3. The van der Waals surface area contributed by atoms with Gasteiger partial charge in [0.1, 0.15) is 6.04 Å². The molecule has 2 aromatic rings. The molecule has 0 radical (unpaired) electrons. The number of thioether (sulfide) groups is 1. The highest BCUT2D eigenvalue weighted by atomic mass is 32.2. The Balaban J connectivity index is 1.35. The van der Waals surface area contributed by atoms with E-state index in [0.29, 0.717) is 29.2 Å². The first-order valence-corrected chi connectivity index (χ1v) is 14.2. The molecular weight excluding hydrogens is 468 g/mol. The quantitative estimate of drug-likeness (QED) is 0.276. The van der Waals surface area contributed by atoms with Crippen LogP contribution in [0.25, 0.3) is 11.3 Å². The van der Waals surface area contributed by atoms with Gasteiger partial charge >= 0.3 is 0 Å². The van der Waals surface area contributed by atoms with Gasteiger partial charge in [-0.3, -0.25) is 9.48 Å². The molecule has 5 rings (SSSR count). The second-order valence-corrected chi connectivity index (χ2v) is 11.3. The van der Waals surface area contributed by atoms with Crippen LogP contribution in [0.3, 0.4) is 0 Å². The first-order valence-electron chi connectivity index (χ1n) is 12.8. The van der Waals surface area contributed by atoms with Crippen molar-refractivity contribution in [3.05, 3.63) is 59.1 Å². The first-order chi connectivity index (χ1) is 17.4. The number of rotatable bonds is 10. The van der Waals surface area contributed by atoms with E-state index in [9.17, 15) is 4.79 Å². The minimum atomic E-state index is -0.261. The van der Waals surface area contributed by atoms with Crippen LogP contribution in [0.15, 0.2) is 47.8 Å². The standard InChI is InChI=1S/C28H36N6OS/c1-16(29)24(17(2)30)18-7-9-20(10-8-18)32-28(35)27-25(19-5-6-19)21-15-22(21)26(33-27)23-11-12-31-34(23)13-4-14-36-3/h7-12,19,21,25,27,29,33H,4-6,13-15,30H2,1-3H3,(H,32,35)/b24-17+,29-16?/t21?,25?,27-/m0/s1. The SMILES string of the molecule is CSCCCn1nccc1C1=C2CC2C(C2CC2)[C@@H](C(=O)Nc2ccc(/C(C(C)=N)=C(\C)N)cc2)N1. The van der Waals surface area contributed by atoms with Gasteiger partial charge in [-0.15, -0.1) is 0 Å². The molecular formula is C28H36N6OS. The third kappa shape index (κ3) is 4.96. The summed E-state index contributed by atoms with van der Waals surface area (Å²) in [6, 6.07) is 9.45. The molecule has 2 saturated carbocycles. The Bertz CT molecular complexity index is 1220. The highest BCUT2D eigenvalue weighted by molar-refractivity contribution is 7.98.